The third-order valence-electron chi connectivity index (χ3n) is 7.61. The van der Waals surface area contributed by atoms with E-state index in [0.29, 0.717) is 17.2 Å². The Kier molecular flexibility index (Phi) is 11.2. The summed E-state index contributed by atoms with van der Waals surface area (Å²) in [5.74, 6) is -0.0163. The van der Waals surface area contributed by atoms with Crippen molar-refractivity contribution in [3.8, 4) is 0 Å². The van der Waals surface area contributed by atoms with Crippen LogP contribution in [-0.2, 0) is 27.2 Å². The summed E-state index contributed by atoms with van der Waals surface area (Å²) >= 11 is 2.99. The number of para-hydroxylation sites is 2. The fraction of sp³-hybridized carbons (Fsp3) is 0.364. The number of allylic oxidation sites excluding steroid dienone is 2. The van der Waals surface area contributed by atoms with Crippen molar-refractivity contribution < 1.29 is 14.4 Å². The van der Waals surface area contributed by atoms with Gasteiger partial charge in [-0.3, -0.25) is 14.4 Å². The maximum Gasteiger partial charge on any atom is 0.230 e. The number of rotatable bonds is 12. The summed E-state index contributed by atoms with van der Waals surface area (Å²) in [4.78, 5) is 36.0. The van der Waals surface area contributed by atoms with E-state index in [-0.39, 0.29) is 36.0 Å². The van der Waals surface area contributed by atoms with Gasteiger partial charge in [0.25, 0.3) is 0 Å². The molecular formula is C33H38N8O3S2. The molecule has 0 radical (unpaired) electrons. The molecule has 1 aliphatic carbocycles. The molecule has 1 saturated carbocycles. The van der Waals surface area contributed by atoms with Gasteiger partial charge in [-0.15, -0.1) is 20.4 Å². The van der Waals surface area contributed by atoms with Crippen molar-refractivity contribution in [2.75, 3.05) is 21.3 Å². The first-order valence-electron chi connectivity index (χ1n) is 15.4. The highest BCUT2D eigenvalue weighted by atomic mass is 32.1. The van der Waals surface area contributed by atoms with Gasteiger partial charge >= 0.3 is 0 Å². The number of carbonyl (C=O) groups excluding carboxylic acids is 3. The zero-order valence-corrected chi connectivity index (χ0v) is 27.8. The summed E-state index contributed by atoms with van der Waals surface area (Å²) in [7, 11) is 0. The number of nitrogens with zero attached hydrogens (tertiary/aromatic N) is 4. The summed E-state index contributed by atoms with van der Waals surface area (Å²) in [6.07, 6.45) is 7.70. The van der Waals surface area contributed by atoms with E-state index in [1.807, 2.05) is 42.5 Å². The maximum atomic E-state index is 12.8. The smallest absolute Gasteiger partial charge is 0.230 e. The van der Waals surface area contributed by atoms with Crippen LogP contribution in [0.5, 0.6) is 0 Å². The lowest BCUT2D eigenvalue weighted by molar-refractivity contribution is -0.116. The Morgan fingerprint density at radius 2 is 1.26 bits per heavy atom. The van der Waals surface area contributed by atoms with Gasteiger partial charge in [0, 0.05) is 49.2 Å². The van der Waals surface area contributed by atoms with Gasteiger partial charge in [0.1, 0.15) is 10.0 Å². The second-order valence-corrected chi connectivity index (χ2v) is 13.3. The van der Waals surface area contributed by atoms with Crippen LogP contribution in [0.4, 0.5) is 21.6 Å². The number of carbonyl (C=O) groups is 3. The van der Waals surface area contributed by atoms with Gasteiger partial charge in [-0.1, -0.05) is 78.5 Å². The number of benzene rings is 2. The molecule has 2 aromatic heterocycles. The van der Waals surface area contributed by atoms with Crippen LogP contribution in [0.15, 0.2) is 60.3 Å². The average molecular weight is 659 g/mol. The zero-order valence-electron chi connectivity index (χ0n) is 26.1. The molecule has 4 N–H and O–H groups in total. The Bertz CT molecular complexity index is 1720. The van der Waals surface area contributed by atoms with Gasteiger partial charge in [0.05, 0.1) is 6.42 Å². The van der Waals surface area contributed by atoms with E-state index in [9.17, 15) is 14.4 Å². The minimum Gasteiger partial charge on any atom is -0.334 e. The van der Waals surface area contributed by atoms with Crippen molar-refractivity contribution in [2.45, 2.75) is 77.6 Å². The zero-order chi connectivity index (χ0) is 32.5. The van der Waals surface area contributed by atoms with E-state index in [1.54, 1.807) is 17.4 Å². The number of anilines is 4. The predicted molar refractivity (Wildman–Crippen MR) is 183 cm³/mol. The number of nitrogens with one attached hydrogen (secondary N) is 4. The van der Waals surface area contributed by atoms with Crippen molar-refractivity contribution in [3.63, 3.8) is 0 Å². The monoisotopic (exact) mass is 658 g/mol. The first-order valence-corrected chi connectivity index (χ1v) is 17.0. The third-order valence-corrected chi connectivity index (χ3v) is 9.61. The molecule has 3 amide bonds. The van der Waals surface area contributed by atoms with Crippen LogP contribution in [0.1, 0.15) is 85.9 Å². The van der Waals surface area contributed by atoms with E-state index in [2.05, 4.69) is 54.7 Å². The van der Waals surface area contributed by atoms with Gasteiger partial charge in [0.15, 0.2) is 0 Å². The summed E-state index contributed by atoms with van der Waals surface area (Å²) in [6, 6.07) is 15.1. The van der Waals surface area contributed by atoms with E-state index >= 15 is 0 Å². The van der Waals surface area contributed by atoms with Crippen LogP contribution in [0.25, 0.3) is 0 Å². The quantitative estimate of drug-likeness (QED) is 0.129. The summed E-state index contributed by atoms with van der Waals surface area (Å²) in [5, 5.41) is 32.9. The van der Waals surface area contributed by atoms with Crippen molar-refractivity contribution in [3.05, 3.63) is 81.4 Å². The molecule has 11 nitrogen and oxygen atoms in total. The highest BCUT2D eigenvalue weighted by molar-refractivity contribution is 7.15. The van der Waals surface area contributed by atoms with E-state index in [1.165, 1.54) is 25.2 Å². The fourth-order valence-corrected chi connectivity index (χ4v) is 7.43. The topological polar surface area (TPSA) is 151 Å². The average Bonchev–Trinajstić information content (AvgIpc) is 3.69. The summed E-state index contributed by atoms with van der Waals surface area (Å²) in [6.45, 7) is 5.04. The molecule has 240 valence electrons. The minimum atomic E-state index is -0.217. The summed E-state index contributed by atoms with van der Waals surface area (Å²) in [5.41, 5.74) is 4.18. The Morgan fingerprint density at radius 3 is 1.80 bits per heavy atom. The molecule has 0 bridgehead atoms. The van der Waals surface area contributed by atoms with Gasteiger partial charge < -0.3 is 21.3 Å². The molecule has 1 fully saturated rings. The molecule has 0 saturated heterocycles. The SMILES string of the molecule is CC/C=C(\Cc1ccccc1NC(C)=O)Nc1nnc([C@H]2CCCC(c3nnc(NC(=O)Cc4ccccc4NC(C)=O)s3)C2)s1. The molecule has 0 spiro atoms. The van der Waals surface area contributed by atoms with Gasteiger partial charge in [-0.2, -0.15) is 0 Å². The molecule has 13 heteroatoms. The molecule has 2 aromatic carbocycles. The van der Waals surface area contributed by atoms with Crippen LogP contribution in [0, 0.1) is 0 Å². The first-order chi connectivity index (χ1) is 22.3. The van der Waals surface area contributed by atoms with E-state index < -0.39 is 0 Å². The molecule has 4 aromatic rings. The molecule has 46 heavy (non-hydrogen) atoms. The van der Waals surface area contributed by atoms with Crippen LogP contribution >= 0.6 is 22.7 Å². The van der Waals surface area contributed by atoms with Gasteiger partial charge in [-0.05, 0) is 48.9 Å². The van der Waals surface area contributed by atoms with E-state index in [0.717, 1.165) is 69.8 Å². The highest BCUT2D eigenvalue weighted by Crippen LogP contribution is 2.43. The van der Waals surface area contributed by atoms with Gasteiger partial charge in [-0.25, -0.2) is 0 Å². The molecule has 0 aliphatic heterocycles. The number of hydrogen-bond acceptors (Lipinski definition) is 10. The van der Waals surface area contributed by atoms with Crippen LogP contribution in [0.2, 0.25) is 0 Å². The fourth-order valence-electron chi connectivity index (χ4n) is 5.60. The Morgan fingerprint density at radius 1 is 0.739 bits per heavy atom. The second kappa shape index (κ2) is 15.7. The largest absolute Gasteiger partial charge is 0.334 e. The van der Waals surface area contributed by atoms with Gasteiger partial charge in [0.2, 0.25) is 28.0 Å². The summed E-state index contributed by atoms with van der Waals surface area (Å²) < 4.78 is 0. The third kappa shape index (κ3) is 9.04. The Labute approximate surface area is 276 Å². The number of aromatic nitrogens is 4. The number of hydrogen-bond donors (Lipinski definition) is 4. The minimum absolute atomic E-state index is 0.100. The molecule has 2 heterocycles. The lowest BCUT2D eigenvalue weighted by Crippen LogP contribution is -2.16. The van der Waals surface area contributed by atoms with Crippen molar-refractivity contribution in [2.24, 2.45) is 0 Å². The highest BCUT2D eigenvalue weighted by Gasteiger charge is 2.29. The molecular weight excluding hydrogens is 621 g/mol. The van der Waals surface area contributed by atoms with Crippen LogP contribution < -0.4 is 21.3 Å². The van der Waals surface area contributed by atoms with Crippen molar-refractivity contribution >= 4 is 62.0 Å². The van der Waals surface area contributed by atoms with Crippen molar-refractivity contribution in [1.82, 2.24) is 20.4 Å². The lowest BCUT2D eigenvalue weighted by Gasteiger charge is -2.25. The Balaban J connectivity index is 1.19. The van der Waals surface area contributed by atoms with Crippen LogP contribution in [-0.4, -0.2) is 38.1 Å². The predicted octanol–water partition coefficient (Wildman–Crippen LogP) is 6.88. The van der Waals surface area contributed by atoms with E-state index in [4.69, 9.17) is 0 Å². The molecule has 1 aliphatic rings. The van der Waals surface area contributed by atoms with Crippen molar-refractivity contribution in [1.29, 1.82) is 0 Å². The molecule has 5 rings (SSSR count). The molecule has 1 unspecified atom stereocenters. The first kappa shape index (κ1) is 32.9. The maximum absolute atomic E-state index is 12.8. The Hall–Kier alpha value is -4.49. The number of amides is 3. The second-order valence-electron chi connectivity index (χ2n) is 11.3. The normalized spacial score (nSPS) is 16.5. The standard InChI is InChI=1S/C33H38N8O3S2/c1-4-10-26(18-22-11-5-7-15-27(22)34-20(2)42)36-32-40-38-30(45-32)24-13-9-14-25(17-24)31-39-41-33(46-31)37-29(44)19-23-12-6-8-16-28(23)35-21(3)43/h5-8,10-12,15-16,24-25H,4,9,13-14,17-19H2,1-3H3,(H,34,42)(H,35,43)(H,36,40)(H,37,41,44)/b26-10+/t24-,25?/m0/s1. The van der Waals surface area contributed by atoms with Crippen LogP contribution in [0.3, 0.4) is 0 Å². The molecule has 2 atom stereocenters. The lowest BCUT2D eigenvalue weighted by atomic mass is 9.82.